The number of aliphatic hydroxyl groups is 1. The Labute approximate surface area is 116 Å². The molecular formula is C14H17NO5. The van der Waals surface area contributed by atoms with E-state index >= 15 is 0 Å². The molecule has 0 aromatic heterocycles. The maximum absolute atomic E-state index is 11.8. The molecule has 1 aromatic rings. The normalized spacial score (nSPS) is 13.3. The number of aliphatic carboxylic acids is 1. The van der Waals surface area contributed by atoms with Crippen molar-refractivity contribution in [1.29, 1.82) is 0 Å². The van der Waals surface area contributed by atoms with Gasteiger partial charge in [-0.05, 0) is 19.1 Å². The smallest absolute Gasteiger partial charge is 0.337 e. The zero-order valence-electron chi connectivity index (χ0n) is 11.3. The van der Waals surface area contributed by atoms with E-state index in [2.05, 4.69) is 5.32 Å². The van der Waals surface area contributed by atoms with Crippen LogP contribution in [0.4, 0.5) is 0 Å². The molecule has 1 unspecified atom stereocenters. The van der Waals surface area contributed by atoms with Gasteiger partial charge in [0.1, 0.15) is 0 Å². The van der Waals surface area contributed by atoms with Crippen LogP contribution >= 0.6 is 0 Å². The third-order valence-corrected chi connectivity index (χ3v) is 2.84. The first-order valence-electron chi connectivity index (χ1n) is 6.15. The first-order valence-corrected chi connectivity index (χ1v) is 6.15. The predicted octanol–water partition coefficient (Wildman–Crippen LogP) is 0.845. The number of nitrogens with one attached hydrogen (secondary N) is 1. The molecule has 0 heterocycles. The summed E-state index contributed by atoms with van der Waals surface area (Å²) in [4.78, 5) is 33.9. The minimum atomic E-state index is -2.02. The van der Waals surface area contributed by atoms with Gasteiger partial charge in [-0.1, -0.05) is 19.1 Å². The van der Waals surface area contributed by atoms with Gasteiger partial charge in [0, 0.05) is 17.5 Å². The molecule has 0 spiro atoms. The SMILES string of the molecule is CCC(=O)c1ccc(C(=O)NCC(C)(O)C(=O)O)cc1. The molecule has 108 valence electrons. The highest BCUT2D eigenvalue weighted by Crippen LogP contribution is 2.08. The van der Waals surface area contributed by atoms with Crippen molar-refractivity contribution in [2.45, 2.75) is 25.9 Å². The summed E-state index contributed by atoms with van der Waals surface area (Å²) in [5, 5.41) is 20.5. The summed E-state index contributed by atoms with van der Waals surface area (Å²) in [6, 6.07) is 6.04. The van der Waals surface area contributed by atoms with Crippen molar-refractivity contribution in [2.75, 3.05) is 6.54 Å². The van der Waals surface area contributed by atoms with E-state index in [9.17, 15) is 19.5 Å². The molecule has 0 aliphatic rings. The second kappa shape index (κ2) is 6.29. The van der Waals surface area contributed by atoms with Crippen molar-refractivity contribution >= 4 is 17.7 Å². The molecule has 0 radical (unpaired) electrons. The van der Waals surface area contributed by atoms with Gasteiger partial charge in [0.15, 0.2) is 11.4 Å². The summed E-state index contributed by atoms with van der Waals surface area (Å²) in [7, 11) is 0. The summed E-state index contributed by atoms with van der Waals surface area (Å²) in [5.41, 5.74) is -1.21. The minimum Gasteiger partial charge on any atom is -0.479 e. The lowest BCUT2D eigenvalue weighted by Crippen LogP contribution is -2.46. The molecular weight excluding hydrogens is 262 g/mol. The second-order valence-corrected chi connectivity index (χ2v) is 4.62. The van der Waals surface area contributed by atoms with Crippen molar-refractivity contribution in [1.82, 2.24) is 5.32 Å². The molecule has 1 rings (SSSR count). The molecule has 0 fully saturated rings. The van der Waals surface area contributed by atoms with Gasteiger partial charge in [-0.15, -0.1) is 0 Å². The van der Waals surface area contributed by atoms with Crippen molar-refractivity contribution in [3.05, 3.63) is 35.4 Å². The van der Waals surface area contributed by atoms with E-state index in [1.54, 1.807) is 6.92 Å². The zero-order chi connectivity index (χ0) is 15.3. The molecule has 1 aromatic carbocycles. The minimum absolute atomic E-state index is 0.0224. The van der Waals surface area contributed by atoms with Crippen LogP contribution in [0.5, 0.6) is 0 Å². The van der Waals surface area contributed by atoms with Gasteiger partial charge in [-0.3, -0.25) is 9.59 Å². The van der Waals surface area contributed by atoms with E-state index in [0.29, 0.717) is 17.5 Å². The maximum atomic E-state index is 11.8. The number of amides is 1. The molecule has 0 aliphatic carbocycles. The van der Waals surface area contributed by atoms with Crippen LogP contribution in [0.25, 0.3) is 0 Å². The first kappa shape index (κ1) is 15.8. The number of carboxylic acid groups (broad SMARTS) is 1. The number of carbonyl (C=O) groups is 3. The zero-order valence-corrected chi connectivity index (χ0v) is 11.3. The number of carboxylic acids is 1. The van der Waals surface area contributed by atoms with E-state index in [-0.39, 0.29) is 5.78 Å². The highest BCUT2D eigenvalue weighted by molar-refractivity contribution is 5.98. The van der Waals surface area contributed by atoms with E-state index in [1.807, 2.05) is 0 Å². The highest BCUT2D eigenvalue weighted by atomic mass is 16.4. The summed E-state index contributed by atoms with van der Waals surface area (Å²) >= 11 is 0. The van der Waals surface area contributed by atoms with Gasteiger partial charge in [-0.2, -0.15) is 0 Å². The molecule has 1 amide bonds. The van der Waals surface area contributed by atoms with Crippen LogP contribution in [0.3, 0.4) is 0 Å². The molecule has 20 heavy (non-hydrogen) atoms. The maximum Gasteiger partial charge on any atom is 0.337 e. The summed E-state index contributed by atoms with van der Waals surface area (Å²) in [6.07, 6.45) is 0.382. The lowest BCUT2D eigenvalue weighted by molar-refractivity contribution is -0.155. The van der Waals surface area contributed by atoms with Crippen LogP contribution in [0, 0.1) is 0 Å². The van der Waals surface area contributed by atoms with Crippen molar-refractivity contribution in [2.24, 2.45) is 0 Å². The molecule has 1 atom stereocenters. The second-order valence-electron chi connectivity index (χ2n) is 4.62. The monoisotopic (exact) mass is 279 g/mol. The van der Waals surface area contributed by atoms with Crippen LogP contribution in [-0.4, -0.2) is 40.0 Å². The van der Waals surface area contributed by atoms with E-state index < -0.39 is 24.0 Å². The Balaban J connectivity index is 2.69. The van der Waals surface area contributed by atoms with E-state index in [0.717, 1.165) is 6.92 Å². The lowest BCUT2D eigenvalue weighted by atomic mass is 10.1. The number of carbonyl (C=O) groups excluding carboxylic acids is 2. The van der Waals surface area contributed by atoms with Crippen LogP contribution in [-0.2, 0) is 4.79 Å². The Hall–Kier alpha value is -2.21. The fourth-order valence-electron chi connectivity index (χ4n) is 1.44. The van der Waals surface area contributed by atoms with Gasteiger partial charge in [0.25, 0.3) is 5.91 Å². The van der Waals surface area contributed by atoms with Crippen molar-refractivity contribution < 1.29 is 24.6 Å². The Morgan fingerprint density at radius 3 is 2.10 bits per heavy atom. The molecule has 0 bridgehead atoms. The topological polar surface area (TPSA) is 104 Å². The number of hydrogen-bond donors (Lipinski definition) is 3. The molecule has 6 nitrogen and oxygen atoms in total. The quantitative estimate of drug-likeness (QED) is 0.670. The molecule has 0 saturated carbocycles. The number of rotatable bonds is 6. The fourth-order valence-corrected chi connectivity index (χ4v) is 1.44. The third-order valence-electron chi connectivity index (χ3n) is 2.84. The average Bonchev–Trinajstić information content (AvgIpc) is 2.44. The van der Waals surface area contributed by atoms with Gasteiger partial charge < -0.3 is 15.5 Å². The van der Waals surface area contributed by atoms with Gasteiger partial charge in [0.2, 0.25) is 0 Å². The van der Waals surface area contributed by atoms with Crippen LogP contribution in [0.1, 0.15) is 41.0 Å². The summed E-state index contributed by atoms with van der Waals surface area (Å²) in [6.45, 7) is 2.44. The predicted molar refractivity (Wildman–Crippen MR) is 71.7 cm³/mol. The van der Waals surface area contributed by atoms with Crippen molar-refractivity contribution in [3.63, 3.8) is 0 Å². The summed E-state index contributed by atoms with van der Waals surface area (Å²) in [5.74, 6) is -1.95. The number of ketones is 1. The number of hydrogen-bond acceptors (Lipinski definition) is 4. The molecule has 0 saturated heterocycles. The van der Waals surface area contributed by atoms with E-state index in [4.69, 9.17) is 5.11 Å². The molecule has 3 N–H and O–H groups in total. The highest BCUT2D eigenvalue weighted by Gasteiger charge is 2.30. The van der Waals surface area contributed by atoms with Crippen LogP contribution in [0.15, 0.2) is 24.3 Å². The Morgan fingerprint density at radius 2 is 1.65 bits per heavy atom. The lowest BCUT2D eigenvalue weighted by Gasteiger charge is -2.18. The number of Topliss-reactive ketones (excluding diaryl/α,β-unsaturated/α-hetero) is 1. The Morgan fingerprint density at radius 1 is 1.15 bits per heavy atom. The Bertz CT molecular complexity index is 519. The third kappa shape index (κ3) is 3.89. The van der Waals surface area contributed by atoms with Gasteiger partial charge in [-0.25, -0.2) is 4.79 Å². The average molecular weight is 279 g/mol. The number of benzene rings is 1. The van der Waals surface area contributed by atoms with Crippen molar-refractivity contribution in [3.8, 4) is 0 Å². The van der Waals surface area contributed by atoms with Gasteiger partial charge in [0.05, 0.1) is 6.54 Å². The van der Waals surface area contributed by atoms with Crippen LogP contribution in [0.2, 0.25) is 0 Å². The Kier molecular flexibility index (Phi) is 4.99. The molecule has 0 aliphatic heterocycles. The summed E-state index contributed by atoms with van der Waals surface area (Å²) < 4.78 is 0. The van der Waals surface area contributed by atoms with Crippen LogP contribution < -0.4 is 5.32 Å². The molecule has 6 heteroatoms. The fraction of sp³-hybridized carbons (Fsp3) is 0.357. The largest absolute Gasteiger partial charge is 0.479 e. The van der Waals surface area contributed by atoms with Gasteiger partial charge >= 0.3 is 5.97 Å². The first-order chi connectivity index (χ1) is 9.27. The standard InChI is InChI=1S/C14H17NO5/c1-3-11(16)9-4-6-10(7-5-9)12(17)15-8-14(2,20)13(18)19/h4-7,20H,3,8H2,1-2H3,(H,15,17)(H,18,19). The van der Waals surface area contributed by atoms with E-state index in [1.165, 1.54) is 24.3 Å².